The standard InChI is InChI=1S/C13H22/c1-2-4-6-8-10-12-13-11-9-7-5-3-1/h1-2,11,13H,3-10,12H2/b2-1-,13-11?. The molecule has 0 aromatic rings. The van der Waals surface area contributed by atoms with Crippen molar-refractivity contribution in [2.45, 2.75) is 57.8 Å². The van der Waals surface area contributed by atoms with Gasteiger partial charge in [-0.1, -0.05) is 30.7 Å². The molecule has 0 aliphatic heterocycles. The van der Waals surface area contributed by atoms with Crippen LogP contribution in [0.15, 0.2) is 24.3 Å². The summed E-state index contributed by atoms with van der Waals surface area (Å²) < 4.78 is 0. The molecule has 1 aliphatic carbocycles. The van der Waals surface area contributed by atoms with Crippen LogP contribution in [0.5, 0.6) is 0 Å². The van der Waals surface area contributed by atoms with E-state index in [1.807, 2.05) is 0 Å². The van der Waals surface area contributed by atoms with Gasteiger partial charge in [0.1, 0.15) is 0 Å². The fourth-order valence-corrected chi connectivity index (χ4v) is 1.70. The van der Waals surface area contributed by atoms with Crippen molar-refractivity contribution in [3.8, 4) is 0 Å². The number of allylic oxidation sites excluding steroid dienone is 4. The zero-order valence-corrected chi connectivity index (χ0v) is 8.67. The van der Waals surface area contributed by atoms with E-state index in [2.05, 4.69) is 24.3 Å². The topological polar surface area (TPSA) is 0 Å². The van der Waals surface area contributed by atoms with Crippen LogP contribution in [0.3, 0.4) is 0 Å². The first-order valence-corrected chi connectivity index (χ1v) is 5.80. The second-order valence-electron chi connectivity index (χ2n) is 3.87. The summed E-state index contributed by atoms with van der Waals surface area (Å²) in [7, 11) is 0. The molecule has 1 aliphatic rings. The van der Waals surface area contributed by atoms with Crippen LogP contribution in [0.25, 0.3) is 0 Å². The lowest BCUT2D eigenvalue weighted by molar-refractivity contribution is 0.695. The molecule has 0 unspecified atom stereocenters. The molecule has 0 amide bonds. The SMILES string of the molecule is C1=CCCCCC/C=C\CCCC1. The summed E-state index contributed by atoms with van der Waals surface area (Å²) >= 11 is 0. The minimum Gasteiger partial charge on any atom is -0.0885 e. The number of hydrogen-bond donors (Lipinski definition) is 0. The molecule has 13 heavy (non-hydrogen) atoms. The fraction of sp³-hybridized carbons (Fsp3) is 0.692. The molecule has 0 nitrogen and oxygen atoms in total. The minimum absolute atomic E-state index is 1.29. The first kappa shape index (κ1) is 10.6. The molecule has 0 heteroatoms. The Balaban J connectivity index is 2.18. The maximum Gasteiger partial charge on any atom is -0.0351 e. The van der Waals surface area contributed by atoms with Crippen molar-refractivity contribution in [1.82, 2.24) is 0 Å². The van der Waals surface area contributed by atoms with Gasteiger partial charge in [0.2, 0.25) is 0 Å². The average molecular weight is 178 g/mol. The van der Waals surface area contributed by atoms with E-state index in [0.717, 1.165) is 0 Å². The molecule has 0 spiro atoms. The lowest BCUT2D eigenvalue weighted by atomic mass is 10.1. The van der Waals surface area contributed by atoms with E-state index in [-0.39, 0.29) is 0 Å². The summed E-state index contributed by atoms with van der Waals surface area (Å²) in [5.74, 6) is 0. The first-order chi connectivity index (χ1) is 6.50. The van der Waals surface area contributed by atoms with Gasteiger partial charge in [-0.2, -0.15) is 0 Å². The van der Waals surface area contributed by atoms with E-state index >= 15 is 0 Å². The third kappa shape index (κ3) is 6.62. The van der Waals surface area contributed by atoms with Gasteiger partial charge in [-0.3, -0.25) is 0 Å². The van der Waals surface area contributed by atoms with Gasteiger partial charge >= 0.3 is 0 Å². The van der Waals surface area contributed by atoms with Crippen molar-refractivity contribution >= 4 is 0 Å². The second kappa shape index (κ2) is 8.10. The third-order valence-electron chi connectivity index (χ3n) is 2.57. The average Bonchev–Trinajstić information content (AvgIpc) is 2.18. The summed E-state index contributed by atoms with van der Waals surface area (Å²) in [6, 6.07) is 0. The molecule has 0 atom stereocenters. The van der Waals surface area contributed by atoms with Gasteiger partial charge in [0.15, 0.2) is 0 Å². The van der Waals surface area contributed by atoms with E-state index in [4.69, 9.17) is 0 Å². The Morgan fingerprint density at radius 1 is 0.385 bits per heavy atom. The van der Waals surface area contributed by atoms with Crippen molar-refractivity contribution in [3.63, 3.8) is 0 Å². The molecule has 0 bridgehead atoms. The van der Waals surface area contributed by atoms with Gasteiger partial charge in [-0.15, -0.1) is 0 Å². The van der Waals surface area contributed by atoms with Crippen molar-refractivity contribution < 1.29 is 0 Å². The smallest absolute Gasteiger partial charge is 0.0351 e. The highest BCUT2D eigenvalue weighted by molar-refractivity contribution is 4.85. The first-order valence-electron chi connectivity index (χ1n) is 5.80. The fourth-order valence-electron chi connectivity index (χ4n) is 1.70. The minimum atomic E-state index is 1.29. The monoisotopic (exact) mass is 178 g/mol. The molecule has 1 rings (SSSR count). The Labute approximate surface area is 82.7 Å². The molecule has 0 saturated heterocycles. The molecule has 0 N–H and O–H groups in total. The summed E-state index contributed by atoms with van der Waals surface area (Å²) in [6.45, 7) is 0. The highest BCUT2D eigenvalue weighted by atomic mass is 13.9. The van der Waals surface area contributed by atoms with Crippen LogP contribution in [0, 0.1) is 0 Å². The van der Waals surface area contributed by atoms with Gasteiger partial charge in [-0.25, -0.2) is 0 Å². The number of hydrogen-bond acceptors (Lipinski definition) is 0. The van der Waals surface area contributed by atoms with Crippen LogP contribution in [0.2, 0.25) is 0 Å². The molecular formula is C13H22. The zero-order chi connectivity index (χ0) is 9.19. The molecule has 0 saturated carbocycles. The molecule has 0 aromatic heterocycles. The second-order valence-corrected chi connectivity index (χ2v) is 3.87. The molecule has 0 aromatic carbocycles. The molecule has 0 fully saturated rings. The summed E-state index contributed by atoms with van der Waals surface area (Å²) in [4.78, 5) is 0. The maximum absolute atomic E-state index is 2.37. The highest BCUT2D eigenvalue weighted by Gasteiger charge is 1.88. The van der Waals surface area contributed by atoms with Crippen molar-refractivity contribution in [1.29, 1.82) is 0 Å². The van der Waals surface area contributed by atoms with Gasteiger partial charge in [-0.05, 0) is 51.4 Å². The molecule has 0 radical (unpaired) electrons. The van der Waals surface area contributed by atoms with Gasteiger partial charge in [0, 0.05) is 0 Å². The summed E-state index contributed by atoms with van der Waals surface area (Å²) in [5.41, 5.74) is 0. The Morgan fingerprint density at radius 3 is 1.08 bits per heavy atom. The third-order valence-corrected chi connectivity index (χ3v) is 2.57. The van der Waals surface area contributed by atoms with E-state index in [1.54, 1.807) is 0 Å². The lowest BCUT2D eigenvalue weighted by Gasteiger charge is -1.94. The van der Waals surface area contributed by atoms with Crippen LogP contribution in [-0.2, 0) is 0 Å². The molecule has 0 heterocycles. The predicted molar refractivity (Wildman–Crippen MR) is 59.8 cm³/mol. The number of rotatable bonds is 0. The van der Waals surface area contributed by atoms with Crippen LogP contribution >= 0.6 is 0 Å². The Morgan fingerprint density at radius 2 is 0.692 bits per heavy atom. The van der Waals surface area contributed by atoms with Gasteiger partial charge < -0.3 is 0 Å². The van der Waals surface area contributed by atoms with Crippen molar-refractivity contribution in [2.24, 2.45) is 0 Å². The summed E-state index contributed by atoms with van der Waals surface area (Å²) in [5, 5.41) is 0. The molecular weight excluding hydrogens is 156 g/mol. The van der Waals surface area contributed by atoms with Gasteiger partial charge in [0.25, 0.3) is 0 Å². The Bertz CT molecular complexity index is 135. The lowest BCUT2D eigenvalue weighted by Crippen LogP contribution is -1.74. The zero-order valence-electron chi connectivity index (χ0n) is 8.67. The normalized spacial score (nSPS) is 24.0. The van der Waals surface area contributed by atoms with Crippen LogP contribution in [0.4, 0.5) is 0 Å². The van der Waals surface area contributed by atoms with E-state index < -0.39 is 0 Å². The van der Waals surface area contributed by atoms with Crippen LogP contribution in [0.1, 0.15) is 57.8 Å². The van der Waals surface area contributed by atoms with E-state index in [9.17, 15) is 0 Å². The Hall–Kier alpha value is -0.520. The predicted octanol–water partition coefficient (Wildman–Crippen LogP) is 4.62. The quantitative estimate of drug-likeness (QED) is 0.475. The van der Waals surface area contributed by atoms with Crippen molar-refractivity contribution in [3.05, 3.63) is 24.3 Å². The summed E-state index contributed by atoms with van der Waals surface area (Å²) in [6.07, 6.45) is 21.5. The molecule has 74 valence electrons. The maximum atomic E-state index is 2.37. The highest BCUT2D eigenvalue weighted by Crippen LogP contribution is 2.08. The van der Waals surface area contributed by atoms with Crippen molar-refractivity contribution in [2.75, 3.05) is 0 Å². The van der Waals surface area contributed by atoms with Crippen LogP contribution < -0.4 is 0 Å². The van der Waals surface area contributed by atoms with Crippen LogP contribution in [-0.4, -0.2) is 0 Å². The largest absolute Gasteiger partial charge is 0.0885 e. The van der Waals surface area contributed by atoms with Gasteiger partial charge in [0.05, 0.1) is 0 Å². The van der Waals surface area contributed by atoms with E-state index in [0.29, 0.717) is 0 Å². The Kier molecular flexibility index (Phi) is 6.58. The van der Waals surface area contributed by atoms with E-state index in [1.165, 1.54) is 57.8 Å².